The van der Waals surface area contributed by atoms with Crippen LogP contribution < -0.4 is 0 Å². The van der Waals surface area contributed by atoms with Gasteiger partial charge in [0.25, 0.3) is 5.91 Å². The Balaban J connectivity index is 1.48. The maximum atomic E-state index is 14.1. The largest absolute Gasteiger partial charge is 0.392 e. The standard InChI is InChI=1S/C23H27FN2O2/c1-25-15-19(27)14-23(16-25)9-11-26(12-10-23)22(28)18-6-4-5-17(13-18)20-7-2-3-8-21(20)24/h2-8,13,19,27H,9-12,14-16H2,1H3. The number of carbonyl (C=O) groups is 1. The summed E-state index contributed by atoms with van der Waals surface area (Å²) in [5, 5.41) is 10.2. The number of amides is 1. The first-order valence-electron chi connectivity index (χ1n) is 9.97. The van der Waals surface area contributed by atoms with Gasteiger partial charge in [-0.05, 0) is 55.5 Å². The number of likely N-dealkylation sites (N-methyl/N-ethyl adjacent to an activating group) is 1. The van der Waals surface area contributed by atoms with Crippen LogP contribution in [0.1, 0.15) is 29.6 Å². The molecule has 2 aromatic rings. The summed E-state index contributed by atoms with van der Waals surface area (Å²) in [6, 6.07) is 13.9. The lowest BCUT2D eigenvalue weighted by molar-refractivity contribution is -0.0286. The second kappa shape index (κ2) is 7.64. The lowest BCUT2D eigenvalue weighted by atomic mass is 9.71. The number of β-amino-alcohol motifs (C(OH)–C–C–N with tert-alkyl or cyclic N) is 1. The molecule has 2 heterocycles. The van der Waals surface area contributed by atoms with Crippen molar-refractivity contribution in [3.63, 3.8) is 0 Å². The first-order valence-corrected chi connectivity index (χ1v) is 9.97. The second-order valence-corrected chi connectivity index (χ2v) is 8.41. The quantitative estimate of drug-likeness (QED) is 0.866. The maximum absolute atomic E-state index is 14.1. The van der Waals surface area contributed by atoms with Crippen LogP contribution in [0.2, 0.25) is 0 Å². The molecule has 2 aromatic carbocycles. The average molecular weight is 382 g/mol. The number of likely N-dealkylation sites (tertiary alicyclic amines) is 2. The van der Waals surface area contributed by atoms with Crippen molar-refractivity contribution in [2.24, 2.45) is 5.41 Å². The van der Waals surface area contributed by atoms with Gasteiger partial charge in [0.15, 0.2) is 0 Å². The zero-order chi connectivity index (χ0) is 19.7. The van der Waals surface area contributed by atoms with E-state index in [1.807, 2.05) is 17.0 Å². The number of benzene rings is 2. The van der Waals surface area contributed by atoms with Crippen molar-refractivity contribution < 1.29 is 14.3 Å². The van der Waals surface area contributed by atoms with Gasteiger partial charge in [0.05, 0.1) is 6.10 Å². The summed E-state index contributed by atoms with van der Waals surface area (Å²) in [6.45, 7) is 3.11. The molecule has 2 fully saturated rings. The number of hydrogen-bond donors (Lipinski definition) is 1. The maximum Gasteiger partial charge on any atom is 0.253 e. The van der Waals surface area contributed by atoms with Crippen LogP contribution in [0.25, 0.3) is 11.1 Å². The number of piperidine rings is 2. The molecule has 28 heavy (non-hydrogen) atoms. The number of nitrogens with zero attached hydrogens (tertiary/aromatic N) is 2. The fourth-order valence-electron chi connectivity index (χ4n) is 4.87. The normalized spacial score (nSPS) is 22.4. The second-order valence-electron chi connectivity index (χ2n) is 8.41. The summed E-state index contributed by atoms with van der Waals surface area (Å²) in [6.07, 6.45) is 2.36. The van der Waals surface area contributed by atoms with E-state index < -0.39 is 0 Å². The van der Waals surface area contributed by atoms with Gasteiger partial charge in [-0.3, -0.25) is 4.79 Å². The van der Waals surface area contributed by atoms with E-state index in [0.29, 0.717) is 24.2 Å². The van der Waals surface area contributed by atoms with Gasteiger partial charge in [-0.1, -0.05) is 30.3 Å². The lowest BCUT2D eigenvalue weighted by Crippen LogP contribution is -2.53. The van der Waals surface area contributed by atoms with Crippen molar-refractivity contribution in [3.8, 4) is 11.1 Å². The summed E-state index contributed by atoms with van der Waals surface area (Å²) in [5.74, 6) is -0.287. The van der Waals surface area contributed by atoms with Crippen LogP contribution >= 0.6 is 0 Å². The Morgan fingerprint density at radius 3 is 2.61 bits per heavy atom. The SMILES string of the molecule is CN1CC(O)CC2(CCN(C(=O)c3cccc(-c4ccccc4F)c3)CC2)C1. The molecule has 0 bridgehead atoms. The van der Waals surface area contributed by atoms with E-state index in [1.165, 1.54) is 6.07 Å². The molecule has 2 aliphatic rings. The predicted molar refractivity (Wildman–Crippen MR) is 108 cm³/mol. The molecule has 5 heteroatoms. The van der Waals surface area contributed by atoms with Gasteiger partial charge >= 0.3 is 0 Å². The minimum absolute atomic E-state index is 0.00208. The van der Waals surface area contributed by atoms with E-state index in [1.54, 1.807) is 30.3 Å². The Kier molecular flexibility index (Phi) is 5.21. The molecule has 1 amide bonds. The van der Waals surface area contributed by atoms with Crippen LogP contribution in [0.5, 0.6) is 0 Å². The number of aliphatic hydroxyl groups is 1. The van der Waals surface area contributed by atoms with Crippen LogP contribution in [-0.2, 0) is 0 Å². The minimum atomic E-state index is -0.285. The summed E-state index contributed by atoms with van der Waals surface area (Å²) >= 11 is 0. The van der Waals surface area contributed by atoms with Gasteiger partial charge in [0.2, 0.25) is 0 Å². The third kappa shape index (κ3) is 3.82. The summed E-state index contributed by atoms with van der Waals surface area (Å²) in [5.41, 5.74) is 1.93. The molecule has 148 valence electrons. The highest BCUT2D eigenvalue weighted by Gasteiger charge is 2.41. The smallest absolute Gasteiger partial charge is 0.253 e. The number of rotatable bonds is 2. The van der Waals surface area contributed by atoms with Crippen LogP contribution in [-0.4, -0.2) is 60.1 Å². The lowest BCUT2D eigenvalue weighted by Gasteiger charge is -2.48. The predicted octanol–water partition coefficient (Wildman–Crippen LogP) is 3.41. The number of hydrogen-bond acceptors (Lipinski definition) is 3. The topological polar surface area (TPSA) is 43.8 Å². The van der Waals surface area contributed by atoms with Crippen molar-refractivity contribution in [2.75, 3.05) is 33.2 Å². The number of carbonyl (C=O) groups excluding carboxylic acids is 1. The highest BCUT2D eigenvalue weighted by Crippen LogP contribution is 2.40. The van der Waals surface area contributed by atoms with Crippen LogP contribution in [0.15, 0.2) is 48.5 Å². The Hall–Kier alpha value is -2.24. The molecule has 4 rings (SSSR count). The molecular formula is C23H27FN2O2. The van der Waals surface area contributed by atoms with Crippen LogP contribution in [0, 0.1) is 11.2 Å². The molecule has 2 aliphatic heterocycles. The first kappa shape index (κ1) is 19.1. The van der Waals surface area contributed by atoms with Crippen molar-refractivity contribution in [1.82, 2.24) is 9.80 Å². The van der Waals surface area contributed by atoms with Gasteiger partial charge in [-0.15, -0.1) is 0 Å². The Morgan fingerprint density at radius 1 is 1.14 bits per heavy atom. The van der Waals surface area contributed by atoms with Crippen molar-refractivity contribution >= 4 is 5.91 Å². The molecule has 4 nitrogen and oxygen atoms in total. The van der Waals surface area contributed by atoms with Gasteiger partial charge < -0.3 is 14.9 Å². The fraction of sp³-hybridized carbons (Fsp3) is 0.435. The van der Waals surface area contributed by atoms with Crippen molar-refractivity contribution in [2.45, 2.75) is 25.4 Å². The van der Waals surface area contributed by atoms with Crippen molar-refractivity contribution in [3.05, 3.63) is 59.9 Å². The molecule has 0 radical (unpaired) electrons. The van der Waals surface area contributed by atoms with Gasteiger partial charge in [0.1, 0.15) is 5.82 Å². The zero-order valence-electron chi connectivity index (χ0n) is 16.3. The van der Waals surface area contributed by atoms with Crippen LogP contribution in [0.3, 0.4) is 0 Å². The molecule has 0 saturated carbocycles. The third-order valence-electron chi connectivity index (χ3n) is 6.20. The van der Waals surface area contributed by atoms with E-state index in [9.17, 15) is 14.3 Å². The average Bonchev–Trinajstić information content (AvgIpc) is 2.67. The summed E-state index contributed by atoms with van der Waals surface area (Å²) in [4.78, 5) is 17.1. The van der Waals surface area contributed by atoms with E-state index in [4.69, 9.17) is 0 Å². The van der Waals surface area contributed by atoms with Gasteiger partial charge in [0, 0.05) is 37.3 Å². The van der Waals surface area contributed by atoms with E-state index in [2.05, 4.69) is 11.9 Å². The molecule has 1 atom stereocenters. The van der Waals surface area contributed by atoms with Gasteiger partial charge in [-0.25, -0.2) is 4.39 Å². The zero-order valence-corrected chi connectivity index (χ0v) is 16.3. The Bertz CT molecular complexity index is 849. The monoisotopic (exact) mass is 382 g/mol. The first-order chi connectivity index (χ1) is 13.5. The van der Waals surface area contributed by atoms with Crippen molar-refractivity contribution in [1.29, 1.82) is 0 Å². The molecule has 1 spiro atoms. The molecule has 2 saturated heterocycles. The number of halogens is 1. The number of aliphatic hydroxyl groups excluding tert-OH is 1. The molecule has 1 unspecified atom stereocenters. The Labute approximate surface area is 165 Å². The summed E-state index contributed by atoms with van der Waals surface area (Å²) < 4.78 is 14.1. The summed E-state index contributed by atoms with van der Waals surface area (Å²) in [7, 11) is 2.05. The van der Waals surface area contributed by atoms with E-state index in [0.717, 1.165) is 37.9 Å². The highest BCUT2D eigenvalue weighted by molar-refractivity contribution is 5.95. The van der Waals surface area contributed by atoms with E-state index in [-0.39, 0.29) is 23.2 Å². The highest BCUT2D eigenvalue weighted by atomic mass is 19.1. The fourth-order valence-corrected chi connectivity index (χ4v) is 4.87. The third-order valence-corrected chi connectivity index (χ3v) is 6.20. The van der Waals surface area contributed by atoms with Gasteiger partial charge in [-0.2, -0.15) is 0 Å². The molecule has 0 aliphatic carbocycles. The molecule has 0 aromatic heterocycles. The molecule has 1 N–H and O–H groups in total. The Morgan fingerprint density at radius 2 is 1.89 bits per heavy atom. The van der Waals surface area contributed by atoms with E-state index >= 15 is 0 Å². The molecular weight excluding hydrogens is 355 g/mol. The minimum Gasteiger partial charge on any atom is -0.392 e. The van der Waals surface area contributed by atoms with Crippen LogP contribution in [0.4, 0.5) is 4.39 Å².